The van der Waals surface area contributed by atoms with Crippen LogP contribution in [-0.4, -0.2) is 66.6 Å². The van der Waals surface area contributed by atoms with E-state index in [0.717, 1.165) is 10.2 Å². The molecule has 0 spiro atoms. The maximum Gasteiger partial charge on any atom is 0.488 e. The number of thioether (sulfide) groups is 1. The molecule has 4 nitrogen and oxygen atoms in total. The van der Waals surface area contributed by atoms with Gasteiger partial charge in [0.1, 0.15) is 0 Å². The SMILES string of the molecule is C[N+](C)(C)CCCCCCCCCCCSCC(=O)c1ccc(B(O)O)cc1. The van der Waals surface area contributed by atoms with E-state index in [0.29, 0.717) is 16.8 Å². The van der Waals surface area contributed by atoms with Crippen molar-refractivity contribution >= 4 is 30.1 Å². The summed E-state index contributed by atoms with van der Waals surface area (Å²) in [5.74, 6) is 1.63. The van der Waals surface area contributed by atoms with E-state index in [1.54, 1.807) is 36.0 Å². The molecular weight excluding hydrogens is 369 g/mol. The summed E-state index contributed by atoms with van der Waals surface area (Å²) in [5.41, 5.74) is 1.05. The number of rotatable bonds is 16. The predicted molar refractivity (Wildman–Crippen MR) is 122 cm³/mol. The Labute approximate surface area is 176 Å². The Morgan fingerprint density at radius 1 is 0.857 bits per heavy atom. The zero-order chi connectivity index (χ0) is 20.8. The molecule has 28 heavy (non-hydrogen) atoms. The standard InChI is InChI=1S/C22H39BNO3S/c1-24(2,3)17-11-9-7-5-4-6-8-10-12-18-28-19-22(25)20-13-15-21(16-14-20)23(26)27/h13-16,26-27H,4-12,17-19H2,1-3H3/q+1. The van der Waals surface area contributed by atoms with Crippen molar-refractivity contribution in [1.82, 2.24) is 0 Å². The second-order valence-corrected chi connectivity index (χ2v) is 9.77. The zero-order valence-corrected chi connectivity index (χ0v) is 18.8. The van der Waals surface area contributed by atoms with Crippen LogP contribution in [0, 0.1) is 0 Å². The number of hydrogen-bond acceptors (Lipinski definition) is 4. The highest BCUT2D eigenvalue weighted by Crippen LogP contribution is 2.13. The quantitative estimate of drug-likeness (QED) is 0.190. The van der Waals surface area contributed by atoms with Crippen molar-refractivity contribution in [2.75, 3.05) is 39.2 Å². The number of Topliss-reactive ketones (excluding diaryl/α,β-unsaturated/α-hetero) is 1. The number of nitrogens with zero attached hydrogens (tertiary/aromatic N) is 1. The second kappa shape index (κ2) is 14.2. The summed E-state index contributed by atoms with van der Waals surface area (Å²) in [7, 11) is 5.30. The Balaban J connectivity index is 1.93. The van der Waals surface area contributed by atoms with Crippen molar-refractivity contribution < 1.29 is 19.3 Å². The molecule has 0 aromatic heterocycles. The Bertz CT molecular complexity index is 544. The first-order chi connectivity index (χ1) is 13.3. The topological polar surface area (TPSA) is 57.5 Å². The van der Waals surface area contributed by atoms with Crippen molar-refractivity contribution in [2.24, 2.45) is 0 Å². The second-order valence-electron chi connectivity index (χ2n) is 8.67. The fourth-order valence-corrected chi connectivity index (χ4v) is 4.02. The van der Waals surface area contributed by atoms with Crippen molar-refractivity contribution in [3.63, 3.8) is 0 Å². The van der Waals surface area contributed by atoms with Gasteiger partial charge in [-0.25, -0.2) is 0 Å². The first-order valence-electron chi connectivity index (χ1n) is 10.7. The van der Waals surface area contributed by atoms with E-state index in [2.05, 4.69) is 21.1 Å². The molecule has 0 fully saturated rings. The molecule has 1 aromatic carbocycles. The third-order valence-corrected chi connectivity index (χ3v) is 5.93. The fraction of sp³-hybridized carbons (Fsp3) is 0.682. The third kappa shape index (κ3) is 12.6. The van der Waals surface area contributed by atoms with Crippen LogP contribution in [0.25, 0.3) is 0 Å². The molecule has 0 aliphatic rings. The number of benzene rings is 1. The van der Waals surface area contributed by atoms with E-state index in [1.807, 2.05) is 0 Å². The summed E-state index contributed by atoms with van der Waals surface area (Å²) in [6, 6.07) is 6.51. The van der Waals surface area contributed by atoms with Crippen LogP contribution in [0.3, 0.4) is 0 Å². The number of ketones is 1. The molecular formula is C22H39BNO3S+. The molecule has 1 aromatic rings. The molecule has 2 N–H and O–H groups in total. The van der Waals surface area contributed by atoms with Crippen LogP contribution >= 0.6 is 11.8 Å². The van der Waals surface area contributed by atoms with Gasteiger partial charge in [-0.1, -0.05) is 62.8 Å². The minimum Gasteiger partial charge on any atom is -0.423 e. The van der Waals surface area contributed by atoms with Crippen molar-refractivity contribution in [3.8, 4) is 0 Å². The molecule has 0 atom stereocenters. The Kier molecular flexibility index (Phi) is 12.8. The van der Waals surface area contributed by atoms with E-state index in [1.165, 1.54) is 64.3 Å². The molecule has 0 saturated carbocycles. The lowest BCUT2D eigenvalue weighted by Gasteiger charge is -2.23. The smallest absolute Gasteiger partial charge is 0.423 e. The lowest BCUT2D eigenvalue weighted by atomic mass is 9.80. The van der Waals surface area contributed by atoms with E-state index in [9.17, 15) is 4.79 Å². The molecule has 0 aliphatic heterocycles. The summed E-state index contributed by atoms with van der Waals surface area (Å²) >= 11 is 1.70. The van der Waals surface area contributed by atoms with Crippen LogP contribution < -0.4 is 5.46 Å². The maximum atomic E-state index is 12.1. The largest absolute Gasteiger partial charge is 0.488 e. The van der Waals surface area contributed by atoms with E-state index < -0.39 is 7.12 Å². The van der Waals surface area contributed by atoms with Gasteiger partial charge in [0.15, 0.2) is 5.78 Å². The summed E-state index contributed by atoms with van der Waals surface area (Å²) in [5, 5.41) is 18.1. The fourth-order valence-electron chi connectivity index (χ4n) is 3.12. The van der Waals surface area contributed by atoms with Gasteiger partial charge >= 0.3 is 7.12 Å². The van der Waals surface area contributed by atoms with Crippen molar-refractivity contribution in [3.05, 3.63) is 29.8 Å². The minimum atomic E-state index is -1.48. The van der Waals surface area contributed by atoms with Gasteiger partial charge in [0.05, 0.1) is 33.4 Å². The number of carbonyl (C=O) groups excluding carboxylic acids is 1. The highest BCUT2D eigenvalue weighted by Gasteiger charge is 2.12. The first-order valence-corrected chi connectivity index (χ1v) is 11.8. The molecule has 6 heteroatoms. The number of carbonyl (C=O) groups is 1. The lowest BCUT2D eigenvalue weighted by Crippen LogP contribution is -2.35. The molecule has 0 amide bonds. The Hall–Kier alpha value is -0.815. The van der Waals surface area contributed by atoms with Crippen molar-refractivity contribution in [2.45, 2.75) is 57.8 Å². The van der Waals surface area contributed by atoms with E-state index in [4.69, 9.17) is 10.0 Å². The Morgan fingerprint density at radius 2 is 1.36 bits per heavy atom. The van der Waals surface area contributed by atoms with E-state index in [-0.39, 0.29) is 5.78 Å². The lowest BCUT2D eigenvalue weighted by molar-refractivity contribution is -0.870. The van der Waals surface area contributed by atoms with Gasteiger partial charge in [0.25, 0.3) is 0 Å². The molecule has 0 heterocycles. The maximum absolute atomic E-state index is 12.1. The summed E-state index contributed by atoms with van der Waals surface area (Å²) in [4.78, 5) is 12.1. The molecule has 0 radical (unpaired) electrons. The number of unbranched alkanes of at least 4 members (excludes halogenated alkanes) is 8. The van der Waals surface area contributed by atoms with Gasteiger partial charge in [-0.2, -0.15) is 11.8 Å². The van der Waals surface area contributed by atoms with Gasteiger partial charge in [0, 0.05) is 5.56 Å². The summed E-state index contributed by atoms with van der Waals surface area (Å²) in [6.07, 6.45) is 11.9. The zero-order valence-electron chi connectivity index (χ0n) is 18.0. The van der Waals surface area contributed by atoms with Gasteiger partial charge in [-0.05, 0) is 30.5 Å². The highest BCUT2D eigenvalue weighted by molar-refractivity contribution is 7.99. The molecule has 0 aliphatic carbocycles. The average Bonchev–Trinajstić information content (AvgIpc) is 2.64. The van der Waals surface area contributed by atoms with Gasteiger partial charge in [0.2, 0.25) is 0 Å². The first kappa shape index (κ1) is 25.2. The number of quaternary nitrogens is 1. The Morgan fingerprint density at radius 3 is 1.86 bits per heavy atom. The van der Waals surface area contributed by atoms with Crippen LogP contribution in [0.1, 0.15) is 68.1 Å². The minimum absolute atomic E-state index is 0.106. The normalized spacial score (nSPS) is 11.6. The molecule has 158 valence electrons. The predicted octanol–water partition coefficient (Wildman–Crippen LogP) is 3.50. The van der Waals surface area contributed by atoms with Crippen molar-refractivity contribution in [1.29, 1.82) is 0 Å². The monoisotopic (exact) mass is 408 g/mol. The van der Waals surface area contributed by atoms with Crippen LogP contribution in [0.15, 0.2) is 24.3 Å². The van der Waals surface area contributed by atoms with Crippen LogP contribution in [0.2, 0.25) is 0 Å². The highest BCUT2D eigenvalue weighted by atomic mass is 32.2. The molecule has 0 unspecified atom stereocenters. The molecule has 0 saturated heterocycles. The van der Waals surface area contributed by atoms with Gasteiger partial charge in [-0.15, -0.1) is 0 Å². The van der Waals surface area contributed by atoms with Crippen LogP contribution in [0.5, 0.6) is 0 Å². The van der Waals surface area contributed by atoms with Crippen LogP contribution in [0.4, 0.5) is 0 Å². The molecule has 0 bridgehead atoms. The summed E-state index contributed by atoms with van der Waals surface area (Å²) < 4.78 is 1.07. The molecule has 1 rings (SSSR count). The average molecular weight is 408 g/mol. The van der Waals surface area contributed by atoms with Crippen LogP contribution in [-0.2, 0) is 0 Å². The number of hydrogen-bond donors (Lipinski definition) is 2. The van der Waals surface area contributed by atoms with Gasteiger partial charge < -0.3 is 14.5 Å². The van der Waals surface area contributed by atoms with E-state index >= 15 is 0 Å². The third-order valence-electron chi connectivity index (χ3n) is 4.88. The summed E-state index contributed by atoms with van der Waals surface area (Å²) in [6.45, 7) is 1.28. The van der Waals surface area contributed by atoms with Gasteiger partial charge in [-0.3, -0.25) is 4.79 Å².